The molecule has 0 atom stereocenters. The van der Waals surface area contributed by atoms with E-state index < -0.39 is 0 Å². The SMILES string of the molecule is FCCNC1(CCl)CCCCC1. The molecular formula is C9H17ClFN. The molecule has 0 spiro atoms. The Morgan fingerprint density at radius 3 is 2.42 bits per heavy atom. The van der Waals surface area contributed by atoms with Gasteiger partial charge in [0.2, 0.25) is 0 Å². The lowest BCUT2D eigenvalue weighted by Crippen LogP contribution is -2.49. The Labute approximate surface area is 78.7 Å². The fraction of sp³-hybridized carbons (Fsp3) is 1.00. The lowest BCUT2D eigenvalue weighted by atomic mass is 9.83. The molecule has 12 heavy (non-hydrogen) atoms. The van der Waals surface area contributed by atoms with Gasteiger partial charge in [0, 0.05) is 18.0 Å². The molecule has 1 aliphatic rings. The minimum atomic E-state index is -0.293. The molecule has 0 aromatic rings. The lowest BCUT2D eigenvalue weighted by molar-refractivity contribution is 0.250. The van der Waals surface area contributed by atoms with E-state index in [-0.39, 0.29) is 12.2 Å². The summed E-state index contributed by atoms with van der Waals surface area (Å²) in [5.74, 6) is 0.618. The second-order valence-electron chi connectivity index (χ2n) is 3.59. The molecule has 0 aromatic carbocycles. The third-order valence-electron chi connectivity index (χ3n) is 2.66. The van der Waals surface area contributed by atoms with Crippen molar-refractivity contribution in [2.24, 2.45) is 0 Å². The number of rotatable bonds is 4. The maximum absolute atomic E-state index is 11.9. The maximum Gasteiger partial charge on any atom is 0.102 e. The highest BCUT2D eigenvalue weighted by Crippen LogP contribution is 2.28. The van der Waals surface area contributed by atoms with Crippen LogP contribution < -0.4 is 5.32 Å². The van der Waals surface area contributed by atoms with Gasteiger partial charge in [0.25, 0.3) is 0 Å². The van der Waals surface area contributed by atoms with E-state index in [9.17, 15) is 4.39 Å². The van der Waals surface area contributed by atoms with Crippen molar-refractivity contribution in [3.05, 3.63) is 0 Å². The maximum atomic E-state index is 11.9. The second-order valence-corrected chi connectivity index (χ2v) is 3.86. The molecule has 72 valence electrons. The summed E-state index contributed by atoms with van der Waals surface area (Å²) in [7, 11) is 0. The largest absolute Gasteiger partial charge is 0.307 e. The summed E-state index contributed by atoms with van der Waals surface area (Å²) in [5, 5.41) is 3.23. The van der Waals surface area contributed by atoms with E-state index in [1.165, 1.54) is 19.3 Å². The topological polar surface area (TPSA) is 12.0 Å². The predicted molar refractivity (Wildman–Crippen MR) is 50.5 cm³/mol. The Morgan fingerprint density at radius 1 is 1.25 bits per heavy atom. The number of hydrogen-bond donors (Lipinski definition) is 1. The molecule has 1 rings (SSSR count). The Balaban J connectivity index is 2.37. The van der Waals surface area contributed by atoms with Crippen LogP contribution in [0, 0.1) is 0 Å². The first-order chi connectivity index (χ1) is 5.83. The highest BCUT2D eigenvalue weighted by molar-refractivity contribution is 6.18. The van der Waals surface area contributed by atoms with Crippen LogP contribution in [0.3, 0.4) is 0 Å². The quantitative estimate of drug-likeness (QED) is 0.677. The smallest absolute Gasteiger partial charge is 0.102 e. The Bertz CT molecular complexity index is 124. The molecule has 0 radical (unpaired) electrons. The van der Waals surface area contributed by atoms with Gasteiger partial charge in [0.05, 0.1) is 0 Å². The lowest BCUT2D eigenvalue weighted by Gasteiger charge is -2.36. The average Bonchev–Trinajstić information content (AvgIpc) is 2.16. The number of nitrogens with one attached hydrogen (secondary N) is 1. The van der Waals surface area contributed by atoms with Crippen molar-refractivity contribution in [2.75, 3.05) is 19.1 Å². The van der Waals surface area contributed by atoms with Gasteiger partial charge in [-0.3, -0.25) is 0 Å². The first-order valence-corrected chi connectivity index (χ1v) is 5.23. The minimum Gasteiger partial charge on any atom is -0.307 e. The van der Waals surface area contributed by atoms with Gasteiger partial charge in [-0.15, -0.1) is 11.6 Å². The zero-order valence-electron chi connectivity index (χ0n) is 7.41. The molecule has 3 heteroatoms. The molecule has 0 unspecified atom stereocenters. The molecule has 1 nitrogen and oxygen atoms in total. The Kier molecular flexibility index (Phi) is 4.30. The second kappa shape index (κ2) is 5.03. The van der Waals surface area contributed by atoms with Crippen molar-refractivity contribution in [1.29, 1.82) is 0 Å². The minimum absolute atomic E-state index is 0.0475. The third-order valence-corrected chi connectivity index (χ3v) is 3.17. The molecule has 1 fully saturated rings. The third kappa shape index (κ3) is 2.60. The zero-order chi connectivity index (χ0) is 8.86. The fourth-order valence-electron chi connectivity index (χ4n) is 1.90. The van der Waals surface area contributed by atoms with Gasteiger partial charge in [-0.25, -0.2) is 4.39 Å². The van der Waals surface area contributed by atoms with Gasteiger partial charge in [0.15, 0.2) is 0 Å². The molecule has 0 saturated heterocycles. The predicted octanol–water partition coefficient (Wildman–Crippen LogP) is 2.49. The summed E-state index contributed by atoms with van der Waals surface area (Å²) in [6.07, 6.45) is 5.97. The summed E-state index contributed by atoms with van der Waals surface area (Å²) in [4.78, 5) is 0. The normalized spacial score (nSPS) is 22.5. The van der Waals surface area contributed by atoms with Crippen LogP contribution in [0.4, 0.5) is 4.39 Å². The van der Waals surface area contributed by atoms with Crippen molar-refractivity contribution in [2.45, 2.75) is 37.6 Å². The summed E-state index contributed by atoms with van der Waals surface area (Å²) < 4.78 is 11.9. The van der Waals surface area contributed by atoms with E-state index in [0.717, 1.165) is 12.8 Å². The van der Waals surface area contributed by atoms with Crippen molar-refractivity contribution in [3.63, 3.8) is 0 Å². The van der Waals surface area contributed by atoms with E-state index in [2.05, 4.69) is 5.32 Å². The van der Waals surface area contributed by atoms with Crippen molar-refractivity contribution >= 4 is 11.6 Å². The van der Waals surface area contributed by atoms with Gasteiger partial charge in [0.1, 0.15) is 6.67 Å². The van der Waals surface area contributed by atoms with E-state index in [4.69, 9.17) is 11.6 Å². The van der Waals surface area contributed by atoms with Crippen LogP contribution >= 0.6 is 11.6 Å². The van der Waals surface area contributed by atoms with Gasteiger partial charge in [-0.2, -0.15) is 0 Å². The molecule has 1 saturated carbocycles. The van der Waals surface area contributed by atoms with Crippen molar-refractivity contribution < 1.29 is 4.39 Å². The summed E-state index contributed by atoms with van der Waals surface area (Å²) in [5.41, 5.74) is 0.0475. The van der Waals surface area contributed by atoms with Gasteiger partial charge in [-0.05, 0) is 12.8 Å². The summed E-state index contributed by atoms with van der Waals surface area (Å²) in [6, 6.07) is 0. The van der Waals surface area contributed by atoms with Crippen LogP contribution in [0.15, 0.2) is 0 Å². The fourth-order valence-corrected chi connectivity index (χ4v) is 2.26. The van der Waals surface area contributed by atoms with Crippen LogP contribution in [0.2, 0.25) is 0 Å². The average molecular weight is 194 g/mol. The Morgan fingerprint density at radius 2 is 1.92 bits per heavy atom. The molecule has 1 N–H and O–H groups in total. The van der Waals surface area contributed by atoms with Gasteiger partial charge < -0.3 is 5.32 Å². The molecule has 1 aliphatic carbocycles. The van der Waals surface area contributed by atoms with Crippen LogP contribution in [0.5, 0.6) is 0 Å². The number of halogens is 2. The summed E-state index contributed by atoms with van der Waals surface area (Å²) >= 11 is 5.89. The van der Waals surface area contributed by atoms with Gasteiger partial charge >= 0.3 is 0 Å². The first-order valence-electron chi connectivity index (χ1n) is 4.70. The van der Waals surface area contributed by atoms with Gasteiger partial charge in [-0.1, -0.05) is 19.3 Å². The Hall–Kier alpha value is 0.180. The monoisotopic (exact) mass is 193 g/mol. The van der Waals surface area contributed by atoms with E-state index >= 15 is 0 Å². The number of hydrogen-bond acceptors (Lipinski definition) is 1. The van der Waals surface area contributed by atoms with E-state index in [1.807, 2.05) is 0 Å². The highest BCUT2D eigenvalue weighted by Gasteiger charge is 2.29. The molecule has 0 aromatic heterocycles. The van der Waals surface area contributed by atoms with E-state index in [1.54, 1.807) is 0 Å². The highest BCUT2D eigenvalue weighted by atomic mass is 35.5. The standard InChI is InChI=1S/C9H17ClFN/c10-8-9(12-7-6-11)4-2-1-3-5-9/h12H,1-8H2. The van der Waals surface area contributed by atoms with Crippen molar-refractivity contribution in [3.8, 4) is 0 Å². The van der Waals surface area contributed by atoms with Crippen LogP contribution in [-0.4, -0.2) is 24.6 Å². The van der Waals surface area contributed by atoms with Crippen LogP contribution in [0.25, 0.3) is 0 Å². The number of alkyl halides is 2. The molecule has 0 bridgehead atoms. The molecular weight excluding hydrogens is 177 g/mol. The van der Waals surface area contributed by atoms with Crippen molar-refractivity contribution in [1.82, 2.24) is 5.32 Å². The zero-order valence-corrected chi connectivity index (χ0v) is 8.17. The van der Waals surface area contributed by atoms with Crippen LogP contribution in [-0.2, 0) is 0 Å². The van der Waals surface area contributed by atoms with E-state index in [0.29, 0.717) is 12.4 Å². The molecule has 0 amide bonds. The molecule has 0 aliphatic heterocycles. The van der Waals surface area contributed by atoms with Crippen LogP contribution in [0.1, 0.15) is 32.1 Å². The molecule has 0 heterocycles. The first kappa shape index (κ1) is 10.3. The summed E-state index contributed by atoms with van der Waals surface area (Å²) in [6.45, 7) is 0.158.